The fraction of sp³-hybridized carbons (Fsp3) is 0.238. The smallest absolute Gasteiger partial charge is 0.335 e. The molecule has 25 heavy (non-hydrogen) atoms. The number of pyridine rings is 1. The Hall–Kier alpha value is -2.88. The van der Waals surface area contributed by atoms with Crippen LogP contribution < -0.4 is 4.74 Å². The zero-order valence-electron chi connectivity index (χ0n) is 14.4. The van der Waals surface area contributed by atoms with Crippen LogP contribution in [0.3, 0.4) is 0 Å². The highest BCUT2D eigenvalue weighted by atomic mass is 16.5. The fourth-order valence-corrected chi connectivity index (χ4v) is 2.65. The van der Waals surface area contributed by atoms with Crippen LogP contribution in [0.2, 0.25) is 0 Å². The molecule has 4 nitrogen and oxygen atoms in total. The molecule has 0 fully saturated rings. The van der Waals surface area contributed by atoms with E-state index in [0.29, 0.717) is 12.5 Å². The number of rotatable bonds is 6. The predicted molar refractivity (Wildman–Crippen MR) is 98.2 cm³/mol. The van der Waals surface area contributed by atoms with Gasteiger partial charge in [0, 0.05) is 17.1 Å². The first kappa shape index (κ1) is 17.0. The number of benzene rings is 2. The fourth-order valence-electron chi connectivity index (χ4n) is 2.65. The minimum atomic E-state index is -0.925. The van der Waals surface area contributed by atoms with Gasteiger partial charge in [-0.3, -0.25) is 4.98 Å². The SMILES string of the molecule is CCC(C)c1cc(OCc2ccc(C(=O)O)cc2)c2ccccc2n1. The lowest BCUT2D eigenvalue weighted by atomic mass is 10.0. The van der Waals surface area contributed by atoms with Crippen molar-refractivity contribution in [3.05, 3.63) is 71.4 Å². The van der Waals surface area contributed by atoms with Gasteiger partial charge >= 0.3 is 5.97 Å². The van der Waals surface area contributed by atoms with Crippen molar-refractivity contribution in [2.45, 2.75) is 32.8 Å². The highest BCUT2D eigenvalue weighted by Crippen LogP contribution is 2.30. The molecular weight excluding hydrogens is 314 g/mol. The molecule has 4 heteroatoms. The topological polar surface area (TPSA) is 59.4 Å². The van der Waals surface area contributed by atoms with Crippen molar-refractivity contribution >= 4 is 16.9 Å². The molecule has 1 aromatic heterocycles. The molecule has 0 saturated carbocycles. The van der Waals surface area contributed by atoms with Crippen molar-refractivity contribution in [3.8, 4) is 5.75 Å². The molecule has 1 N–H and O–H groups in total. The maximum absolute atomic E-state index is 10.9. The summed E-state index contributed by atoms with van der Waals surface area (Å²) in [5, 5.41) is 9.95. The van der Waals surface area contributed by atoms with Gasteiger partial charge in [0.15, 0.2) is 0 Å². The van der Waals surface area contributed by atoms with Gasteiger partial charge in [-0.25, -0.2) is 4.79 Å². The first-order chi connectivity index (χ1) is 12.1. The summed E-state index contributed by atoms with van der Waals surface area (Å²) in [6.45, 7) is 4.69. The number of aromatic carboxylic acids is 1. The molecule has 0 aliphatic rings. The normalized spacial score (nSPS) is 12.1. The van der Waals surface area contributed by atoms with Gasteiger partial charge in [0.1, 0.15) is 12.4 Å². The van der Waals surface area contributed by atoms with Gasteiger partial charge in [-0.05, 0) is 42.2 Å². The lowest BCUT2D eigenvalue weighted by Gasteiger charge is -2.14. The number of fused-ring (bicyclic) bond motifs is 1. The molecule has 3 rings (SSSR count). The van der Waals surface area contributed by atoms with Crippen molar-refractivity contribution in [2.75, 3.05) is 0 Å². The molecule has 1 unspecified atom stereocenters. The molecular formula is C21H21NO3. The van der Waals surface area contributed by atoms with Crippen molar-refractivity contribution in [2.24, 2.45) is 0 Å². The third kappa shape index (κ3) is 3.79. The average molecular weight is 335 g/mol. The summed E-state index contributed by atoms with van der Waals surface area (Å²) < 4.78 is 6.05. The number of carbonyl (C=O) groups is 1. The van der Waals surface area contributed by atoms with E-state index in [4.69, 9.17) is 14.8 Å². The Morgan fingerprint density at radius 2 is 1.88 bits per heavy atom. The second kappa shape index (κ2) is 7.34. The van der Waals surface area contributed by atoms with Gasteiger partial charge in [-0.2, -0.15) is 0 Å². The summed E-state index contributed by atoms with van der Waals surface area (Å²) >= 11 is 0. The molecule has 0 amide bonds. The van der Waals surface area contributed by atoms with E-state index in [1.54, 1.807) is 24.3 Å². The minimum absolute atomic E-state index is 0.275. The molecule has 0 radical (unpaired) electrons. The Morgan fingerprint density at radius 1 is 1.16 bits per heavy atom. The summed E-state index contributed by atoms with van der Waals surface area (Å²) in [4.78, 5) is 15.7. The number of carboxylic acids is 1. The zero-order valence-corrected chi connectivity index (χ0v) is 14.4. The Bertz CT molecular complexity index is 887. The summed E-state index contributed by atoms with van der Waals surface area (Å²) in [6.07, 6.45) is 1.02. The minimum Gasteiger partial charge on any atom is -0.488 e. The highest BCUT2D eigenvalue weighted by molar-refractivity contribution is 5.87. The van der Waals surface area contributed by atoms with Gasteiger partial charge < -0.3 is 9.84 Å². The first-order valence-electron chi connectivity index (χ1n) is 8.43. The van der Waals surface area contributed by atoms with Crippen molar-refractivity contribution in [1.29, 1.82) is 0 Å². The van der Waals surface area contributed by atoms with Crippen LogP contribution in [0.25, 0.3) is 10.9 Å². The Morgan fingerprint density at radius 3 is 2.56 bits per heavy atom. The van der Waals surface area contributed by atoms with Crippen molar-refractivity contribution in [3.63, 3.8) is 0 Å². The van der Waals surface area contributed by atoms with Crippen molar-refractivity contribution in [1.82, 2.24) is 4.98 Å². The van der Waals surface area contributed by atoms with E-state index >= 15 is 0 Å². The lowest BCUT2D eigenvalue weighted by Crippen LogP contribution is -2.02. The average Bonchev–Trinajstić information content (AvgIpc) is 2.65. The maximum atomic E-state index is 10.9. The van der Waals surface area contributed by atoms with Crippen LogP contribution in [0.15, 0.2) is 54.6 Å². The molecule has 0 bridgehead atoms. The molecule has 3 aromatic rings. The Kier molecular flexibility index (Phi) is 4.98. The monoisotopic (exact) mass is 335 g/mol. The van der Waals surface area contributed by atoms with Gasteiger partial charge in [-0.1, -0.05) is 38.1 Å². The van der Waals surface area contributed by atoms with Crippen LogP contribution in [0.5, 0.6) is 5.75 Å². The standard InChI is InChI=1S/C21H21NO3/c1-3-14(2)19-12-20(17-6-4-5-7-18(17)22-19)25-13-15-8-10-16(11-9-15)21(23)24/h4-12,14H,3,13H2,1-2H3,(H,23,24). The number of ether oxygens (including phenoxy) is 1. The van der Waals surface area contributed by atoms with E-state index < -0.39 is 5.97 Å². The highest BCUT2D eigenvalue weighted by Gasteiger charge is 2.11. The number of para-hydroxylation sites is 1. The Balaban J connectivity index is 1.88. The van der Waals surface area contributed by atoms with Gasteiger partial charge in [0.2, 0.25) is 0 Å². The van der Waals surface area contributed by atoms with E-state index in [9.17, 15) is 4.79 Å². The van der Waals surface area contributed by atoms with Gasteiger partial charge in [-0.15, -0.1) is 0 Å². The first-order valence-corrected chi connectivity index (χ1v) is 8.43. The van der Waals surface area contributed by atoms with E-state index in [-0.39, 0.29) is 5.56 Å². The molecule has 0 spiro atoms. The number of hydrogen-bond acceptors (Lipinski definition) is 3. The quantitative estimate of drug-likeness (QED) is 0.686. The van der Waals surface area contributed by atoms with Crippen LogP contribution in [-0.2, 0) is 6.61 Å². The molecule has 128 valence electrons. The zero-order chi connectivity index (χ0) is 17.8. The summed E-state index contributed by atoms with van der Waals surface area (Å²) in [7, 11) is 0. The summed E-state index contributed by atoms with van der Waals surface area (Å²) in [5.74, 6) is 0.246. The molecule has 1 heterocycles. The molecule has 1 atom stereocenters. The van der Waals surface area contributed by atoms with Crippen LogP contribution in [0.1, 0.15) is 47.8 Å². The third-order valence-electron chi connectivity index (χ3n) is 4.41. The van der Waals surface area contributed by atoms with Crippen LogP contribution in [0, 0.1) is 0 Å². The van der Waals surface area contributed by atoms with Crippen molar-refractivity contribution < 1.29 is 14.6 Å². The second-order valence-electron chi connectivity index (χ2n) is 6.16. The summed E-state index contributed by atoms with van der Waals surface area (Å²) in [6, 6.07) is 16.7. The van der Waals surface area contributed by atoms with Crippen LogP contribution in [-0.4, -0.2) is 16.1 Å². The van der Waals surface area contributed by atoms with E-state index in [1.165, 1.54) is 0 Å². The van der Waals surface area contributed by atoms with Gasteiger partial charge in [0.25, 0.3) is 0 Å². The molecule has 2 aromatic carbocycles. The van der Waals surface area contributed by atoms with E-state index in [2.05, 4.69) is 13.8 Å². The Labute approximate surface area is 147 Å². The second-order valence-corrected chi connectivity index (χ2v) is 6.16. The van der Waals surface area contributed by atoms with E-state index in [0.717, 1.165) is 34.3 Å². The number of aromatic nitrogens is 1. The van der Waals surface area contributed by atoms with Gasteiger partial charge in [0.05, 0.1) is 11.1 Å². The number of hydrogen-bond donors (Lipinski definition) is 1. The summed E-state index contributed by atoms with van der Waals surface area (Å²) in [5.41, 5.74) is 3.15. The molecule has 0 saturated heterocycles. The molecule has 0 aliphatic heterocycles. The number of nitrogens with zero attached hydrogens (tertiary/aromatic N) is 1. The third-order valence-corrected chi connectivity index (χ3v) is 4.41. The van der Waals surface area contributed by atoms with Crippen LogP contribution in [0.4, 0.5) is 0 Å². The van der Waals surface area contributed by atoms with Crippen LogP contribution >= 0.6 is 0 Å². The molecule has 0 aliphatic carbocycles. The lowest BCUT2D eigenvalue weighted by molar-refractivity contribution is 0.0697. The predicted octanol–water partition coefficient (Wildman–Crippen LogP) is 5.03. The van der Waals surface area contributed by atoms with E-state index in [1.807, 2.05) is 30.3 Å². The maximum Gasteiger partial charge on any atom is 0.335 e. The number of carboxylic acid groups (broad SMARTS) is 1. The largest absolute Gasteiger partial charge is 0.488 e.